The van der Waals surface area contributed by atoms with Gasteiger partial charge in [0.25, 0.3) is 0 Å². The smallest absolute Gasteiger partial charge is 0.176 e. The van der Waals surface area contributed by atoms with Crippen LogP contribution in [-0.4, -0.2) is 15.6 Å². The van der Waals surface area contributed by atoms with Crippen molar-refractivity contribution >= 4 is 26.5 Å². The maximum Gasteiger partial charge on any atom is 0.176 e. The average molecular weight is 335 g/mol. The van der Waals surface area contributed by atoms with E-state index in [4.69, 9.17) is 5.73 Å². The molecular weight excluding hydrogens is 323 g/mol. The number of aromatic nitrogens is 1. The highest BCUT2D eigenvalue weighted by molar-refractivity contribution is 9.18. The highest BCUT2D eigenvalue weighted by Gasteiger charge is 2.05. The lowest BCUT2D eigenvalue weighted by Gasteiger charge is -2.02. The van der Waals surface area contributed by atoms with Crippen molar-refractivity contribution in [2.45, 2.75) is 6.54 Å². The van der Waals surface area contributed by atoms with Crippen LogP contribution < -0.4 is 5.73 Å². The zero-order valence-electron chi connectivity index (χ0n) is 10.5. The predicted molar refractivity (Wildman–Crippen MR) is 81.4 cm³/mol. The van der Waals surface area contributed by atoms with Gasteiger partial charge in [-0.15, -0.1) is 0 Å². The summed E-state index contributed by atoms with van der Waals surface area (Å²) in [4.78, 5) is 12.5. The van der Waals surface area contributed by atoms with Crippen LogP contribution in [0.15, 0.2) is 58.6 Å². The Morgan fingerprint density at radius 2 is 1.95 bits per heavy atom. The van der Waals surface area contributed by atoms with Crippen molar-refractivity contribution in [3.05, 3.63) is 65.7 Å². The van der Waals surface area contributed by atoms with Crippen LogP contribution in [0.25, 0.3) is 0 Å². The van der Waals surface area contributed by atoms with Gasteiger partial charge in [0.2, 0.25) is 0 Å². The molecule has 2 N–H and O–H groups in total. The largest absolute Gasteiger partial charge is 0.378 e. The summed E-state index contributed by atoms with van der Waals surface area (Å²) >= 11 is 3.06. The third kappa shape index (κ3) is 3.96. The number of aliphatic imine (C=N–C) groups is 2. The van der Waals surface area contributed by atoms with Gasteiger partial charge in [-0.25, -0.2) is 9.38 Å². The number of hydrogen-bond acceptors (Lipinski definition) is 2. The molecule has 0 fully saturated rings. The molecule has 2 aromatic rings. The van der Waals surface area contributed by atoms with Gasteiger partial charge in [-0.2, -0.15) is 0 Å². The number of rotatable bonds is 3. The fraction of sp³-hybridized carbons (Fsp3) is 0.0714. The van der Waals surface area contributed by atoms with Gasteiger partial charge >= 0.3 is 0 Å². The fourth-order valence-corrected chi connectivity index (χ4v) is 1.72. The Balaban J connectivity index is 2.31. The number of pyridine rings is 1. The number of benzene rings is 1. The van der Waals surface area contributed by atoms with Gasteiger partial charge < -0.3 is 5.73 Å². The summed E-state index contributed by atoms with van der Waals surface area (Å²) in [6.45, 7) is 0.169. The third-order valence-electron chi connectivity index (χ3n) is 2.46. The molecule has 0 spiro atoms. The van der Waals surface area contributed by atoms with E-state index in [9.17, 15) is 4.39 Å². The average Bonchev–Trinajstić information content (AvgIpc) is 2.45. The topological polar surface area (TPSA) is 63.6 Å². The molecule has 1 aromatic heterocycles. The van der Waals surface area contributed by atoms with Crippen LogP contribution in [0.4, 0.5) is 4.39 Å². The van der Waals surface area contributed by atoms with Gasteiger partial charge in [0, 0.05) is 11.8 Å². The van der Waals surface area contributed by atoms with Crippen molar-refractivity contribution in [2.24, 2.45) is 15.7 Å². The van der Waals surface area contributed by atoms with Crippen molar-refractivity contribution in [3.8, 4) is 0 Å². The fourth-order valence-electron chi connectivity index (χ4n) is 1.56. The maximum atomic E-state index is 13.6. The Morgan fingerprint density at radius 3 is 2.60 bits per heavy atom. The number of halogens is 2. The number of nitrogens with two attached hydrogens (primary N) is 1. The monoisotopic (exact) mass is 334 g/mol. The van der Waals surface area contributed by atoms with E-state index in [1.54, 1.807) is 36.5 Å². The summed E-state index contributed by atoms with van der Waals surface area (Å²) in [6.07, 6.45) is 1.63. The van der Waals surface area contributed by atoms with E-state index in [2.05, 4.69) is 30.9 Å². The lowest BCUT2D eigenvalue weighted by molar-refractivity contribution is 0.611. The molecule has 1 aromatic carbocycles. The standard InChI is InChI=1S/C14H12BrFN4/c15-14(17)20-13(12-7-3-4-8-18-12)19-9-10-5-1-2-6-11(10)16/h1-8H,9H2,(H2,17,19,20). The minimum absolute atomic E-state index is 0.169. The quantitative estimate of drug-likeness (QED) is 0.533. The first-order valence-corrected chi connectivity index (χ1v) is 6.65. The second kappa shape index (κ2) is 6.91. The van der Waals surface area contributed by atoms with Gasteiger partial charge in [0.1, 0.15) is 11.5 Å². The SMILES string of the molecule is NC(Br)=NC(=NCc1ccccc1F)c1ccccn1. The molecule has 102 valence electrons. The van der Waals surface area contributed by atoms with Crippen LogP contribution >= 0.6 is 15.9 Å². The second-order valence-electron chi connectivity index (χ2n) is 3.88. The van der Waals surface area contributed by atoms with E-state index in [1.807, 2.05) is 6.07 Å². The van der Waals surface area contributed by atoms with Crippen molar-refractivity contribution in [1.82, 2.24) is 4.98 Å². The molecule has 0 bridgehead atoms. The van der Waals surface area contributed by atoms with E-state index in [0.29, 0.717) is 17.1 Å². The molecule has 0 aliphatic carbocycles. The van der Waals surface area contributed by atoms with Crippen molar-refractivity contribution in [2.75, 3.05) is 0 Å². The van der Waals surface area contributed by atoms with Gasteiger partial charge in [-0.3, -0.25) is 9.98 Å². The summed E-state index contributed by atoms with van der Waals surface area (Å²) in [5.41, 5.74) is 6.58. The molecule has 0 amide bonds. The molecule has 0 saturated heterocycles. The summed E-state index contributed by atoms with van der Waals surface area (Å²) in [6, 6.07) is 11.8. The number of nitrogens with zero attached hydrogens (tertiary/aromatic N) is 3. The van der Waals surface area contributed by atoms with Crippen LogP contribution in [0.2, 0.25) is 0 Å². The zero-order valence-corrected chi connectivity index (χ0v) is 12.1. The molecule has 6 heteroatoms. The molecule has 1 heterocycles. The van der Waals surface area contributed by atoms with E-state index in [1.165, 1.54) is 6.07 Å². The number of hydrogen-bond donors (Lipinski definition) is 1. The minimum Gasteiger partial charge on any atom is -0.378 e. The molecule has 20 heavy (non-hydrogen) atoms. The van der Waals surface area contributed by atoms with Gasteiger partial charge in [0.05, 0.1) is 6.54 Å². The minimum atomic E-state index is -0.299. The van der Waals surface area contributed by atoms with E-state index in [-0.39, 0.29) is 17.1 Å². The first kappa shape index (κ1) is 14.3. The molecule has 0 radical (unpaired) electrons. The van der Waals surface area contributed by atoms with Crippen molar-refractivity contribution in [3.63, 3.8) is 0 Å². The Kier molecular flexibility index (Phi) is 4.95. The molecule has 0 saturated carbocycles. The predicted octanol–water partition coefficient (Wildman–Crippen LogP) is 2.88. The third-order valence-corrected chi connectivity index (χ3v) is 2.64. The first-order valence-electron chi connectivity index (χ1n) is 5.86. The zero-order chi connectivity index (χ0) is 14.4. The summed E-state index contributed by atoms with van der Waals surface area (Å²) < 4.78 is 13.7. The lowest BCUT2D eigenvalue weighted by Crippen LogP contribution is -2.09. The molecule has 0 aliphatic rings. The molecule has 0 atom stereocenters. The van der Waals surface area contributed by atoms with Crippen LogP contribution in [0, 0.1) is 5.82 Å². The van der Waals surface area contributed by atoms with E-state index in [0.717, 1.165) is 0 Å². The molecule has 0 aliphatic heterocycles. The van der Waals surface area contributed by atoms with Crippen LogP contribution in [0.5, 0.6) is 0 Å². The van der Waals surface area contributed by atoms with Gasteiger partial charge in [-0.1, -0.05) is 24.3 Å². The second-order valence-corrected chi connectivity index (χ2v) is 4.69. The molecule has 4 nitrogen and oxygen atoms in total. The molecular formula is C14H12BrFN4. The highest BCUT2D eigenvalue weighted by Crippen LogP contribution is 2.09. The summed E-state index contributed by atoms with van der Waals surface area (Å²) in [7, 11) is 0. The Labute approximate surface area is 124 Å². The van der Waals surface area contributed by atoms with E-state index < -0.39 is 0 Å². The Bertz CT molecular complexity index is 637. The highest BCUT2D eigenvalue weighted by atomic mass is 79.9. The summed E-state index contributed by atoms with van der Waals surface area (Å²) in [5, 5.41) is 0. The maximum absolute atomic E-state index is 13.6. The molecule has 2 rings (SSSR count). The summed E-state index contributed by atoms with van der Waals surface area (Å²) in [5.74, 6) is 0.0515. The Hall–Kier alpha value is -2.08. The van der Waals surface area contributed by atoms with Gasteiger partial charge in [-0.05, 0) is 34.1 Å². The Morgan fingerprint density at radius 1 is 1.20 bits per heavy atom. The van der Waals surface area contributed by atoms with Crippen LogP contribution in [0.3, 0.4) is 0 Å². The van der Waals surface area contributed by atoms with E-state index >= 15 is 0 Å². The van der Waals surface area contributed by atoms with Crippen LogP contribution in [-0.2, 0) is 6.54 Å². The lowest BCUT2D eigenvalue weighted by atomic mass is 10.2. The molecule has 0 unspecified atom stereocenters. The first-order chi connectivity index (χ1) is 9.66. The van der Waals surface area contributed by atoms with Gasteiger partial charge in [0.15, 0.2) is 10.6 Å². The number of amidine groups is 2. The van der Waals surface area contributed by atoms with Crippen molar-refractivity contribution < 1.29 is 4.39 Å². The van der Waals surface area contributed by atoms with Crippen LogP contribution in [0.1, 0.15) is 11.3 Å². The normalized spacial score (nSPS) is 12.5. The van der Waals surface area contributed by atoms with Crippen molar-refractivity contribution in [1.29, 1.82) is 0 Å².